The second kappa shape index (κ2) is 4.64. The van der Waals surface area contributed by atoms with Crippen LogP contribution in [0.2, 0.25) is 0 Å². The lowest BCUT2D eigenvalue weighted by molar-refractivity contribution is -0.128. The molecule has 4 heteroatoms. The maximum Gasteiger partial charge on any atom is 0.219 e. The quantitative estimate of drug-likeness (QED) is 0.468. The van der Waals surface area contributed by atoms with Crippen molar-refractivity contribution in [3.63, 3.8) is 0 Å². The third-order valence-corrected chi connectivity index (χ3v) is 1.95. The van der Waals surface area contributed by atoms with E-state index in [1.165, 1.54) is 7.11 Å². The lowest BCUT2D eigenvalue weighted by Crippen LogP contribution is -2.34. The highest BCUT2D eigenvalue weighted by molar-refractivity contribution is 5.81. The van der Waals surface area contributed by atoms with Gasteiger partial charge < -0.3 is 9.74 Å². The molecule has 0 saturated carbocycles. The van der Waals surface area contributed by atoms with E-state index >= 15 is 0 Å². The minimum atomic E-state index is 0.108. The zero-order chi connectivity index (χ0) is 9.68. The van der Waals surface area contributed by atoms with Crippen LogP contribution in [-0.4, -0.2) is 37.2 Å². The number of oxime groups is 1. The first-order valence-corrected chi connectivity index (χ1v) is 4.25. The van der Waals surface area contributed by atoms with Gasteiger partial charge in [0.15, 0.2) is 0 Å². The van der Waals surface area contributed by atoms with Gasteiger partial charge in [0, 0.05) is 20.0 Å². The summed E-state index contributed by atoms with van der Waals surface area (Å²) in [6.45, 7) is 3.03. The summed E-state index contributed by atoms with van der Waals surface area (Å²) in [6.07, 6.45) is 4.61. The van der Waals surface area contributed by atoms with Crippen LogP contribution in [0.1, 0.15) is 13.3 Å². The van der Waals surface area contributed by atoms with Crippen molar-refractivity contribution in [3.05, 3.63) is 11.6 Å². The fourth-order valence-corrected chi connectivity index (χ4v) is 1.25. The van der Waals surface area contributed by atoms with Crippen LogP contribution in [0.4, 0.5) is 0 Å². The number of nitrogens with zero attached hydrogens (tertiary/aromatic N) is 2. The predicted molar refractivity (Wildman–Crippen MR) is 50.5 cm³/mol. The van der Waals surface area contributed by atoms with Gasteiger partial charge in [-0.05, 0) is 12.0 Å². The summed E-state index contributed by atoms with van der Waals surface area (Å²) in [4.78, 5) is 17.4. The van der Waals surface area contributed by atoms with Gasteiger partial charge in [0.2, 0.25) is 5.91 Å². The standard InChI is InChI=1S/C9H14N2O2/c1-8(12)11-5-3-4-9(7-11)6-10-13-2/h4,6H,3,5,7H2,1-2H3/b10-6+. The molecule has 0 fully saturated rings. The van der Waals surface area contributed by atoms with Crippen LogP contribution in [0.5, 0.6) is 0 Å². The number of hydrogen-bond donors (Lipinski definition) is 0. The highest BCUT2D eigenvalue weighted by atomic mass is 16.6. The van der Waals surface area contributed by atoms with Crippen LogP contribution in [0.25, 0.3) is 0 Å². The van der Waals surface area contributed by atoms with E-state index in [4.69, 9.17) is 0 Å². The molecule has 0 unspecified atom stereocenters. The molecule has 4 nitrogen and oxygen atoms in total. The molecule has 0 spiro atoms. The minimum absolute atomic E-state index is 0.108. The van der Waals surface area contributed by atoms with Crippen LogP contribution in [0.3, 0.4) is 0 Å². The summed E-state index contributed by atoms with van der Waals surface area (Å²) in [5.74, 6) is 0.108. The zero-order valence-corrected chi connectivity index (χ0v) is 7.99. The Bertz CT molecular complexity index is 246. The molecule has 0 aromatic rings. The fourth-order valence-electron chi connectivity index (χ4n) is 1.25. The second-order valence-electron chi connectivity index (χ2n) is 2.93. The number of rotatable bonds is 2. The average Bonchev–Trinajstić information content (AvgIpc) is 2.15. The molecular formula is C9H14N2O2. The summed E-state index contributed by atoms with van der Waals surface area (Å²) in [5.41, 5.74) is 1.03. The van der Waals surface area contributed by atoms with Gasteiger partial charge >= 0.3 is 0 Å². The summed E-state index contributed by atoms with van der Waals surface area (Å²) < 4.78 is 0. The second-order valence-corrected chi connectivity index (χ2v) is 2.93. The highest BCUT2D eigenvalue weighted by Gasteiger charge is 2.13. The SMILES string of the molecule is CO/N=C/C1=CCCN(C(C)=O)C1. The molecule has 13 heavy (non-hydrogen) atoms. The third-order valence-electron chi connectivity index (χ3n) is 1.95. The molecule has 0 aromatic carbocycles. The number of amides is 1. The topological polar surface area (TPSA) is 41.9 Å². The van der Waals surface area contributed by atoms with E-state index in [-0.39, 0.29) is 5.91 Å². The summed E-state index contributed by atoms with van der Waals surface area (Å²) in [7, 11) is 1.50. The van der Waals surface area contributed by atoms with Gasteiger partial charge in [0.25, 0.3) is 0 Å². The van der Waals surface area contributed by atoms with E-state index in [1.54, 1.807) is 18.0 Å². The van der Waals surface area contributed by atoms with Gasteiger partial charge in [0.1, 0.15) is 7.11 Å². The molecule has 0 atom stereocenters. The van der Waals surface area contributed by atoms with E-state index in [0.29, 0.717) is 6.54 Å². The lowest BCUT2D eigenvalue weighted by atomic mass is 10.1. The lowest BCUT2D eigenvalue weighted by Gasteiger charge is -2.24. The molecular weight excluding hydrogens is 168 g/mol. The van der Waals surface area contributed by atoms with Crippen LogP contribution >= 0.6 is 0 Å². The van der Waals surface area contributed by atoms with Crippen LogP contribution in [0, 0.1) is 0 Å². The molecule has 0 aliphatic carbocycles. The maximum atomic E-state index is 11.0. The van der Waals surface area contributed by atoms with Gasteiger partial charge in [-0.1, -0.05) is 11.2 Å². The van der Waals surface area contributed by atoms with Crippen molar-refractivity contribution < 1.29 is 9.63 Å². The zero-order valence-electron chi connectivity index (χ0n) is 7.99. The van der Waals surface area contributed by atoms with Crippen molar-refractivity contribution in [2.24, 2.45) is 5.16 Å². The van der Waals surface area contributed by atoms with Crippen molar-refractivity contribution in [3.8, 4) is 0 Å². The Kier molecular flexibility index (Phi) is 3.49. The van der Waals surface area contributed by atoms with Crippen LogP contribution in [0.15, 0.2) is 16.8 Å². The molecule has 1 aliphatic rings. The molecule has 1 rings (SSSR count). The summed E-state index contributed by atoms with van der Waals surface area (Å²) >= 11 is 0. The van der Waals surface area contributed by atoms with Crippen LogP contribution in [-0.2, 0) is 9.63 Å². The van der Waals surface area contributed by atoms with E-state index < -0.39 is 0 Å². The Morgan fingerprint density at radius 1 is 1.77 bits per heavy atom. The molecule has 0 saturated heterocycles. The van der Waals surface area contributed by atoms with Crippen molar-refractivity contribution in [1.82, 2.24) is 4.90 Å². The molecule has 1 aliphatic heterocycles. The first kappa shape index (κ1) is 9.77. The van der Waals surface area contributed by atoms with E-state index in [0.717, 1.165) is 18.5 Å². The van der Waals surface area contributed by atoms with Crippen molar-refractivity contribution in [2.45, 2.75) is 13.3 Å². The maximum absolute atomic E-state index is 11.0. The molecule has 0 aromatic heterocycles. The average molecular weight is 182 g/mol. The highest BCUT2D eigenvalue weighted by Crippen LogP contribution is 2.07. The molecule has 72 valence electrons. The van der Waals surface area contributed by atoms with Gasteiger partial charge in [0.05, 0.1) is 6.21 Å². The monoisotopic (exact) mass is 182 g/mol. The van der Waals surface area contributed by atoms with Gasteiger partial charge in [-0.25, -0.2) is 0 Å². The Labute approximate surface area is 77.8 Å². The first-order valence-electron chi connectivity index (χ1n) is 4.25. The number of hydrogen-bond acceptors (Lipinski definition) is 3. The Balaban J connectivity index is 2.54. The predicted octanol–water partition coefficient (Wildman–Crippen LogP) is 0.797. The number of carbonyl (C=O) groups excluding carboxylic acids is 1. The fraction of sp³-hybridized carbons (Fsp3) is 0.556. The van der Waals surface area contributed by atoms with Gasteiger partial charge in [-0.2, -0.15) is 0 Å². The molecule has 0 radical (unpaired) electrons. The van der Waals surface area contributed by atoms with E-state index in [9.17, 15) is 4.79 Å². The minimum Gasteiger partial charge on any atom is -0.399 e. The Morgan fingerprint density at radius 2 is 2.54 bits per heavy atom. The smallest absolute Gasteiger partial charge is 0.219 e. The van der Waals surface area contributed by atoms with Crippen molar-refractivity contribution >= 4 is 12.1 Å². The normalized spacial score (nSPS) is 17.4. The molecule has 0 N–H and O–H groups in total. The number of carbonyl (C=O) groups is 1. The molecule has 1 amide bonds. The summed E-state index contributed by atoms with van der Waals surface area (Å²) in [6, 6.07) is 0. The summed E-state index contributed by atoms with van der Waals surface area (Å²) in [5, 5.41) is 3.66. The molecule has 0 bridgehead atoms. The first-order chi connectivity index (χ1) is 6.24. The Hall–Kier alpha value is -1.32. The Morgan fingerprint density at radius 3 is 3.15 bits per heavy atom. The molecule has 1 heterocycles. The van der Waals surface area contributed by atoms with E-state index in [2.05, 4.69) is 16.1 Å². The largest absolute Gasteiger partial charge is 0.399 e. The van der Waals surface area contributed by atoms with Crippen molar-refractivity contribution in [2.75, 3.05) is 20.2 Å². The van der Waals surface area contributed by atoms with Gasteiger partial charge in [-0.15, -0.1) is 0 Å². The van der Waals surface area contributed by atoms with Gasteiger partial charge in [-0.3, -0.25) is 4.79 Å². The van der Waals surface area contributed by atoms with Crippen LogP contribution < -0.4 is 0 Å². The third kappa shape index (κ3) is 2.89. The van der Waals surface area contributed by atoms with E-state index in [1.807, 2.05) is 0 Å². The van der Waals surface area contributed by atoms with Crippen molar-refractivity contribution in [1.29, 1.82) is 0 Å².